The minimum absolute atomic E-state index is 1.22. The lowest BCUT2D eigenvalue weighted by molar-refractivity contribution is 1.59. The van der Waals surface area contributed by atoms with E-state index in [0.717, 1.165) is 0 Å². The van der Waals surface area contributed by atoms with Gasteiger partial charge < -0.3 is 0 Å². The molecule has 0 aliphatic carbocycles. The van der Waals surface area contributed by atoms with Crippen molar-refractivity contribution in [1.82, 2.24) is 0 Å². The second kappa shape index (κ2) is 9.22. The molecular formula is C40H26. The maximum Gasteiger partial charge on any atom is -0.00990 e. The second-order valence-corrected chi connectivity index (χ2v) is 10.6. The molecule has 0 nitrogen and oxygen atoms in total. The Morgan fingerprint density at radius 3 is 1.50 bits per heavy atom. The minimum atomic E-state index is 1.22. The van der Waals surface area contributed by atoms with E-state index in [-0.39, 0.29) is 0 Å². The van der Waals surface area contributed by atoms with Crippen molar-refractivity contribution in [3.8, 4) is 33.4 Å². The van der Waals surface area contributed by atoms with Crippen molar-refractivity contribution in [2.24, 2.45) is 0 Å². The highest BCUT2D eigenvalue weighted by atomic mass is 14.1. The van der Waals surface area contributed by atoms with Crippen molar-refractivity contribution in [2.45, 2.75) is 0 Å². The summed E-state index contributed by atoms with van der Waals surface area (Å²) in [4.78, 5) is 0. The Kier molecular flexibility index (Phi) is 5.24. The molecule has 0 atom stereocenters. The Labute approximate surface area is 233 Å². The van der Waals surface area contributed by atoms with Gasteiger partial charge in [-0.15, -0.1) is 0 Å². The van der Waals surface area contributed by atoms with Crippen LogP contribution in [-0.4, -0.2) is 0 Å². The lowest BCUT2D eigenvalue weighted by Crippen LogP contribution is -1.86. The molecule has 0 heteroatoms. The predicted octanol–water partition coefficient (Wildman–Crippen LogP) is 11.3. The molecule has 0 saturated carbocycles. The fourth-order valence-electron chi connectivity index (χ4n) is 6.20. The summed E-state index contributed by atoms with van der Waals surface area (Å²) >= 11 is 0. The van der Waals surface area contributed by atoms with E-state index in [0.29, 0.717) is 0 Å². The maximum atomic E-state index is 2.34. The van der Waals surface area contributed by atoms with Crippen LogP contribution in [0.1, 0.15) is 0 Å². The largest absolute Gasteiger partial charge is 0.0616 e. The molecule has 0 heterocycles. The van der Waals surface area contributed by atoms with E-state index in [2.05, 4.69) is 158 Å². The van der Waals surface area contributed by atoms with Gasteiger partial charge in [-0.25, -0.2) is 0 Å². The van der Waals surface area contributed by atoms with Gasteiger partial charge in [0.15, 0.2) is 0 Å². The van der Waals surface area contributed by atoms with Crippen LogP contribution in [0.5, 0.6) is 0 Å². The number of hydrogen-bond donors (Lipinski definition) is 0. The highest BCUT2D eigenvalue weighted by molar-refractivity contribution is 6.14. The van der Waals surface area contributed by atoms with Gasteiger partial charge in [-0.3, -0.25) is 0 Å². The summed E-state index contributed by atoms with van der Waals surface area (Å²) in [6.45, 7) is 0. The van der Waals surface area contributed by atoms with Crippen LogP contribution in [0.2, 0.25) is 0 Å². The monoisotopic (exact) mass is 506 g/mol. The molecule has 186 valence electrons. The van der Waals surface area contributed by atoms with Gasteiger partial charge in [0, 0.05) is 0 Å². The van der Waals surface area contributed by atoms with Crippen LogP contribution >= 0.6 is 0 Å². The lowest BCUT2D eigenvalue weighted by atomic mass is 9.92. The van der Waals surface area contributed by atoms with Crippen molar-refractivity contribution in [3.05, 3.63) is 158 Å². The fraction of sp³-hybridized carbons (Fsp3) is 0. The first-order valence-corrected chi connectivity index (χ1v) is 13.9. The highest BCUT2D eigenvalue weighted by Crippen LogP contribution is 2.36. The summed E-state index contributed by atoms with van der Waals surface area (Å²) < 4.78 is 0. The van der Waals surface area contributed by atoms with Gasteiger partial charge in [0.05, 0.1) is 0 Å². The van der Waals surface area contributed by atoms with E-state index in [9.17, 15) is 0 Å². The quantitative estimate of drug-likeness (QED) is 0.209. The van der Waals surface area contributed by atoms with Crippen LogP contribution in [0, 0.1) is 0 Å². The molecule has 0 aliphatic rings. The first-order valence-electron chi connectivity index (χ1n) is 13.9. The summed E-state index contributed by atoms with van der Waals surface area (Å²) in [5, 5.41) is 10.3. The van der Waals surface area contributed by atoms with Crippen LogP contribution in [-0.2, 0) is 0 Å². The molecule has 0 amide bonds. The van der Waals surface area contributed by atoms with Crippen molar-refractivity contribution in [1.29, 1.82) is 0 Å². The number of rotatable bonds is 3. The zero-order valence-corrected chi connectivity index (χ0v) is 22.0. The average molecular weight is 507 g/mol. The summed E-state index contributed by atoms with van der Waals surface area (Å²) in [7, 11) is 0. The van der Waals surface area contributed by atoms with E-state index in [1.165, 1.54) is 76.5 Å². The van der Waals surface area contributed by atoms with Gasteiger partial charge >= 0.3 is 0 Å². The number of benzene rings is 8. The second-order valence-electron chi connectivity index (χ2n) is 10.6. The summed E-state index contributed by atoms with van der Waals surface area (Å²) in [6.07, 6.45) is 0. The van der Waals surface area contributed by atoms with E-state index < -0.39 is 0 Å². The van der Waals surface area contributed by atoms with Crippen LogP contribution in [0.25, 0.3) is 76.5 Å². The first kappa shape index (κ1) is 22.8. The van der Waals surface area contributed by atoms with Crippen LogP contribution in [0.3, 0.4) is 0 Å². The lowest BCUT2D eigenvalue weighted by Gasteiger charge is -2.12. The van der Waals surface area contributed by atoms with Crippen LogP contribution in [0.15, 0.2) is 158 Å². The summed E-state index contributed by atoms with van der Waals surface area (Å²) in [6, 6.07) is 57.6. The van der Waals surface area contributed by atoms with Crippen molar-refractivity contribution in [3.63, 3.8) is 0 Å². The van der Waals surface area contributed by atoms with E-state index in [4.69, 9.17) is 0 Å². The molecule has 0 bridgehead atoms. The Morgan fingerprint density at radius 1 is 0.225 bits per heavy atom. The third-order valence-corrected chi connectivity index (χ3v) is 8.24. The fourth-order valence-corrected chi connectivity index (χ4v) is 6.20. The van der Waals surface area contributed by atoms with Gasteiger partial charge in [-0.05, 0) is 94.7 Å². The molecule has 0 spiro atoms. The molecule has 8 aromatic rings. The van der Waals surface area contributed by atoms with E-state index in [1.807, 2.05) is 0 Å². The summed E-state index contributed by atoms with van der Waals surface area (Å²) in [5.74, 6) is 0. The number of fused-ring (bicyclic) bond motifs is 6. The standard InChI is InChI=1S/C40H26/c1-3-12-35-28(8-1)20-21-29-22-23-33(25-39(29)35)32-11-7-10-31(24-32)27-16-18-30(19-17-27)40-26-34-9-2-4-13-36(34)37-14-5-6-15-38(37)40/h1-26H. The molecule has 0 saturated heterocycles. The molecule has 8 aromatic carbocycles. The van der Waals surface area contributed by atoms with E-state index >= 15 is 0 Å². The van der Waals surface area contributed by atoms with Gasteiger partial charge in [0.1, 0.15) is 0 Å². The molecule has 0 unspecified atom stereocenters. The third-order valence-electron chi connectivity index (χ3n) is 8.24. The van der Waals surface area contributed by atoms with Crippen molar-refractivity contribution >= 4 is 43.1 Å². The Bertz CT molecular complexity index is 2200. The molecule has 8 rings (SSSR count). The Hall–Kier alpha value is -5.20. The zero-order valence-electron chi connectivity index (χ0n) is 22.0. The third kappa shape index (κ3) is 3.77. The Morgan fingerprint density at radius 2 is 0.725 bits per heavy atom. The van der Waals surface area contributed by atoms with Crippen molar-refractivity contribution in [2.75, 3.05) is 0 Å². The van der Waals surface area contributed by atoms with Gasteiger partial charge in [0.2, 0.25) is 0 Å². The highest BCUT2D eigenvalue weighted by Gasteiger charge is 2.10. The molecule has 0 aliphatic heterocycles. The molecule has 0 aromatic heterocycles. The van der Waals surface area contributed by atoms with E-state index in [1.54, 1.807) is 0 Å². The molecule has 40 heavy (non-hydrogen) atoms. The molecule has 0 radical (unpaired) electrons. The normalized spacial score (nSPS) is 11.5. The van der Waals surface area contributed by atoms with Gasteiger partial charge in [-0.1, -0.05) is 140 Å². The van der Waals surface area contributed by atoms with Crippen LogP contribution < -0.4 is 0 Å². The smallest absolute Gasteiger partial charge is 0.00990 e. The maximum absolute atomic E-state index is 2.34. The predicted molar refractivity (Wildman–Crippen MR) is 173 cm³/mol. The molecule has 0 N–H and O–H groups in total. The SMILES string of the molecule is c1cc(-c2ccc(-c3cc4ccccc4c4ccccc34)cc2)cc(-c2ccc3ccc4ccccc4c3c2)c1. The average Bonchev–Trinajstić information content (AvgIpc) is 3.04. The summed E-state index contributed by atoms with van der Waals surface area (Å²) in [5.41, 5.74) is 7.44. The Balaban J connectivity index is 1.19. The van der Waals surface area contributed by atoms with Crippen LogP contribution in [0.4, 0.5) is 0 Å². The minimum Gasteiger partial charge on any atom is -0.0616 e. The van der Waals surface area contributed by atoms with Gasteiger partial charge in [0.25, 0.3) is 0 Å². The number of hydrogen-bond acceptors (Lipinski definition) is 0. The first-order chi connectivity index (χ1) is 19.8. The van der Waals surface area contributed by atoms with Crippen molar-refractivity contribution < 1.29 is 0 Å². The topological polar surface area (TPSA) is 0 Å². The van der Waals surface area contributed by atoms with Gasteiger partial charge in [-0.2, -0.15) is 0 Å². The molecular weight excluding hydrogens is 480 g/mol. The molecule has 0 fully saturated rings. The zero-order chi connectivity index (χ0) is 26.5.